The summed E-state index contributed by atoms with van der Waals surface area (Å²) in [7, 11) is 0. The van der Waals surface area contributed by atoms with E-state index in [4.69, 9.17) is 0 Å². The number of nitrogens with zero attached hydrogens (tertiary/aromatic N) is 3. The average molecular weight is 279 g/mol. The lowest BCUT2D eigenvalue weighted by Gasteiger charge is -2.37. The van der Waals surface area contributed by atoms with Gasteiger partial charge in [-0.15, -0.1) is 0 Å². The van der Waals surface area contributed by atoms with Gasteiger partial charge in [-0.25, -0.2) is 0 Å². The van der Waals surface area contributed by atoms with Crippen molar-refractivity contribution in [3.8, 4) is 0 Å². The van der Waals surface area contributed by atoms with E-state index in [-0.39, 0.29) is 5.91 Å². The number of carbonyl (C=O) groups excluding carboxylic acids is 1. The van der Waals surface area contributed by atoms with Crippen LogP contribution >= 0.6 is 0 Å². The lowest BCUT2D eigenvalue weighted by atomic mass is 9.82. The van der Waals surface area contributed by atoms with Gasteiger partial charge in [0.2, 0.25) is 5.91 Å². The first-order valence-electron chi connectivity index (χ1n) is 7.00. The minimum absolute atomic E-state index is 0.0457. The number of rotatable bonds is 5. The summed E-state index contributed by atoms with van der Waals surface area (Å²) >= 11 is 0. The Bertz CT molecular complexity index is 472. The predicted octanol–water partition coefficient (Wildman–Crippen LogP) is 1.38. The number of hydrogen-bond acceptors (Lipinski definition) is 3. The number of aryl methyl sites for hydroxylation is 1. The Balaban J connectivity index is 1.81. The fourth-order valence-corrected chi connectivity index (χ4v) is 2.61. The van der Waals surface area contributed by atoms with E-state index in [1.54, 1.807) is 22.7 Å². The lowest BCUT2D eigenvalue weighted by Crippen LogP contribution is -2.48. The van der Waals surface area contributed by atoms with Gasteiger partial charge in [-0.3, -0.25) is 14.3 Å². The second-order valence-corrected chi connectivity index (χ2v) is 5.66. The number of hydrogen-bond donors (Lipinski definition) is 1. The van der Waals surface area contributed by atoms with Crippen LogP contribution in [-0.2, 0) is 16.1 Å². The van der Waals surface area contributed by atoms with Crippen LogP contribution in [0.1, 0.15) is 32.6 Å². The third kappa shape index (κ3) is 3.37. The third-order valence-electron chi connectivity index (χ3n) is 3.90. The SMILES string of the molecule is C[C@@]1(C(=O)O)CCCN(C(=O)CCCn2cccn2)C1. The summed E-state index contributed by atoms with van der Waals surface area (Å²) in [5.74, 6) is -0.768. The molecule has 1 atom stereocenters. The Morgan fingerprint density at radius 3 is 2.90 bits per heavy atom. The largest absolute Gasteiger partial charge is 0.481 e. The molecule has 20 heavy (non-hydrogen) atoms. The highest BCUT2D eigenvalue weighted by atomic mass is 16.4. The summed E-state index contributed by atoms with van der Waals surface area (Å²) in [5.41, 5.74) is -0.796. The van der Waals surface area contributed by atoms with Crippen molar-refractivity contribution in [2.24, 2.45) is 5.41 Å². The van der Waals surface area contributed by atoms with Gasteiger partial charge in [0.05, 0.1) is 5.41 Å². The first-order chi connectivity index (χ1) is 9.51. The zero-order valence-corrected chi connectivity index (χ0v) is 11.8. The van der Waals surface area contributed by atoms with Crippen LogP contribution in [0.2, 0.25) is 0 Å². The van der Waals surface area contributed by atoms with Crippen LogP contribution in [0.5, 0.6) is 0 Å². The van der Waals surface area contributed by atoms with Crippen molar-refractivity contribution >= 4 is 11.9 Å². The Morgan fingerprint density at radius 1 is 1.45 bits per heavy atom. The molecule has 0 radical (unpaired) electrons. The van der Waals surface area contributed by atoms with E-state index in [0.29, 0.717) is 32.5 Å². The summed E-state index contributed by atoms with van der Waals surface area (Å²) in [6.45, 7) is 3.42. The molecule has 1 aliphatic rings. The van der Waals surface area contributed by atoms with E-state index in [1.807, 2.05) is 12.3 Å². The molecule has 110 valence electrons. The predicted molar refractivity (Wildman–Crippen MR) is 73.0 cm³/mol. The van der Waals surface area contributed by atoms with Crippen LogP contribution in [0, 0.1) is 5.41 Å². The molecule has 6 nitrogen and oxygen atoms in total. The van der Waals surface area contributed by atoms with E-state index in [1.165, 1.54) is 0 Å². The second-order valence-electron chi connectivity index (χ2n) is 5.66. The van der Waals surface area contributed by atoms with Crippen molar-refractivity contribution < 1.29 is 14.7 Å². The fourth-order valence-electron chi connectivity index (χ4n) is 2.61. The second kappa shape index (κ2) is 6.07. The zero-order chi connectivity index (χ0) is 14.6. The Morgan fingerprint density at radius 2 is 2.25 bits per heavy atom. The molecule has 0 aromatic carbocycles. The van der Waals surface area contributed by atoms with Gasteiger partial charge in [-0.2, -0.15) is 5.10 Å². The van der Waals surface area contributed by atoms with Gasteiger partial charge in [-0.1, -0.05) is 0 Å². The maximum absolute atomic E-state index is 12.1. The summed E-state index contributed by atoms with van der Waals surface area (Å²) in [5, 5.41) is 13.3. The number of aromatic nitrogens is 2. The lowest BCUT2D eigenvalue weighted by molar-refractivity contribution is -0.153. The number of piperidine rings is 1. The Kier molecular flexibility index (Phi) is 4.42. The number of carboxylic acid groups (broad SMARTS) is 1. The summed E-state index contributed by atoms with van der Waals surface area (Å²) in [6.07, 6.45) is 6.14. The number of likely N-dealkylation sites (tertiary alicyclic amines) is 1. The number of amides is 1. The molecule has 1 aromatic heterocycles. The first kappa shape index (κ1) is 14.6. The van der Waals surface area contributed by atoms with Crippen molar-refractivity contribution in [3.05, 3.63) is 18.5 Å². The van der Waals surface area contributed by atoms with Crippen molar-refractivity contribution in [1.82, 2.24) is 14.7 Å². The smallest absolute Gasteiger partial charge is 0.311 e. The monoisotopic (exact) mass is 279 g/mol. The Labute approximate surface area is 118 Å². The molecule has 1 aliphatic heterocycles. The van der Waals surface area contributed by atoms with Crippen LogP contribution in [0.4, 0.5) is 0 Å². The molecular weight excluding hydrogens is 258 g/mol. The molecule has 0 saturated carbocycles. The fraction of sp³-hybridized carbons (Fsp3) is 0.643. The van der Waals surface area contributed by atoms with Gasteiger partial charge >= 0.3 is 5.97 Å². The van der Waals surface area contributed by atoms with E-state index < -0.39 is 11.4 Å². The van der Waals surface area contributed by atoms with Gasteiger partial charge < -0.3 is 10.0 Å². The van der Waals surface area contributed by atoms with Crippen LogP contribution < -0.4 is 0 Å². The molecule has 0 unspecified atom stereocenters. The topological polar surface area (TPSA) is 75.4 Å². The molecule has 6 heteroatoms. The number of aliphatic carboxylic acids is 1. The van der Waals surface area contributed by atoms with E-state index in [9.17, 15) is 14.7 Å². The number of carbonyl (C=O) groups is 2. The molecule has 1 N–H and O–H groups in total. The van der Waals surface area contributed by atoms with Gasteiger partial charge in [-0.05, 0) is 32.3 Å². The Hall–Kier alpha value is -1.85. The maximum Gasteiger partial charge on any atom is 0.311 e. The average Bonchev–Trinajstić information content (AvgIpc) is 2.91. The first-order valence-corrected chi connectivity index (χ1v) is 7.00. The zero-order valence-electron chi connectivity index (χ0n) is 11.8. The van der Waals surface area contributed by atoms with Crippen LogP contribution in [0.15, 0.2) is 18.5 Å². The van der Waals surface area contributed by atoms with Crippen molar-refractivity contribution in [2.45, 2.75) is 39.2 Å². The maximum atomic E-state index is 12.1. The van der Waals surface area contributed by atoms with Crippen molar-refractivity contribution in [3.63, 3.8) is 0 Å². The third-order valence-corrected chi connectivity index (χ3v) is 3.90. The van der Waals surface area contributed by atoms with Crippen molar-refractivity contribution in [1.29, 1.82) is 0 Å². The van der Waals surface area contributed by atoms with Gasteiger partial charge in [0.15, 0.2) is 0 Å². The summed E-state index contributed by atoms with van der Waals surface area (Å²) in [6, 6.07) is 1.85. The van der Waals surface area contributed by atoms with E-state index in [2.05, 4.69) is 5.10 Å². The molecule has 1 saturated heterocycles. The normalized spacial score (nSPS) is 22.8. The minimum Gasteiger partial charge on any atom is -0.481 e. The molecule has 1 fully saturated rings. The highest BCUT2D eigenvalue weighted by molar-refractivity contribution is 5.79. The molecule has 1 aromatic rings. The van der Waals surface area contributed by atoms with E-state index >= 15 is 0 Å². The molecule has 2 heterocycles. The molecule has 2 rings (SSSR count). The van der Waals surface area contributed by atoms with Gasteiger partial charge in [0, 0.05) is 38.4 Å². The standard InChI is InChI=1S/C14H21N3O3/c1-14(13(19)20)6-3-8-16(11-14)12(18)5-2-9-17-10-4-7-15-17/h4,7,10H,2-3,5-6,8-9,11H2,1H3,(H,19,20)/t14-/m1/s1. The number of carboxylic acids is 1. The van der Waals surface area contributed by atoms with Crippen LogP contribution in [0.25, 0.3) is 0 Å². The van der Waals surface area contributed by atoms with Crippen LogP contribution in [-0.4, -0.2) is 44.8 Å². The summed E-state index contributed by atoms with van der Waals surface area (Å²) < 4.78 is 1.80. The molecule has 0 bridgehead atoms. The quantitative estimate of drug-likeness (QED) is 0.883. The molecule has 1 amide bonds. The molecular formula is C14H21N3O3. The molecule has 0 aliphatic carbocycles. The van der Waals surface area contributed by atoms with Crippen molar-refractivity contribution in [2.75, 3.05) is 13.1 Å². The van der Waals surface area contributed by atoms with E-state index in [0.717, 1.165) is 12.8 Å². The van der Waals surface area contributed by atoms with Gasteiger partial charge in [0.1, 0.15) is 0 Å². The highest BCUT2D eigenvalue weighted by Gasteiger charge is 2.39. The molecule has 0 spiro atoms. The highest BCUT2D eigenvalue weighted by Crippen LogP contribution is 2.30. The van der Waals surface area contributed by atoms with Crippen LogP contribution in [0.3, 0.4) is 0 Å². The minimum atomic E-state index is -0.813. The van der Waals surface area contributed by atoms with Gasteiger partial charge in [0.25, 0.3) is 0 Å². The summed E-state index contributed by atoms with van der Waals surface area (Å²) in [4.78, 5) is 25.1.